The van der Waals surface area contributed by atoms with Crippen LogP contribution >= 0.6 is 0 Å². The summed E-state index contributed by atoms with van der Waals surface area (Å²) in [6.07, 6.45) is 3.21. The zero-order valence-corrected chi connectivity index (χ0v) is 9.61. The minimum absolute atomic E-state index is 0.687. The van der Waals surface area contributed by atoms with E-state index in [4.69, 9.17) is 0 Å². The van der Waals surface area contributed by atoms with Gasteiger partial charge in [0.2, 0.25) is 0 Å². The second-order valence-electron chi connectivity index (χ2n) is 4.46. The van der Waals surface area contributed by atoms with Crippen molar-refractivity contribution in [3.05, 3.63) is 12.3 Å². The van der Waals surface area contributed by atoms with Crippen molar-refractivity contribution in [3.63, 3.8) is 0 Å². The van der Waals surface area contributed by atoms with Crippen LogP contribution in [0.4, 0.5) is 5.82 Å². The van der Waals surface area contributed by atoms with Gasteiger partial charge in [-0.15, -0.1) is 0 Å². The third-order valence-electron chi connectivity index (χ3n) is 2.83. The van der Waals surface area contributed by atoms with Crippen LogP contribution in [0.25, 0.3) is 0 Å². The summed E-state index contributed by atoms with van der Waals surface area (Å²) in [4.78, 5) is 2.39. The molecule has 0 bridgehead atoms. The largest absolute Gasteiger partial charge is 0.355 e. The van der Waals surface area contributed by atoms with Crippen LogP contribution in [-0.2, 0) is 7.05 Å². The molecule has 84 valence electrons. The van der Waals surface area contributed by atoms with Crippen molar-refractivity contribution in [1.29, 1.82) is 0 Å². The SMILES string of the molecule is CC1CNCCCN(c2ccn(C)n2)C1. The molecule has 15 heavy (non-hydrogen) atoms. The van der Waals surface area contributed by atoms with Crippen LogP contribution in [-0.4, -0.2) is 36.0 Å². The summed E-state index contributed by atoms with van der Waals surface area (Å²) in [5, 5.41) is 7.93. The highest BCUT2D eigenvalue weighted by Gasteiger charge is 2.14. The van der Waals surface area contributed by atoms with E-state index in [9.17, 15) is 0 Å². The van der Waals surface area contributed by atoms with Crippen molar-refractivity contribution in [2.24, 2.45) is 13.0 Å². The van der Waals surface area contributed by atoms with E-state index in [1.807, 2.05) is 17.9 Å². The lowest BCUT2D eigenvalue weighted by molar-refractivity contribution is 0.465. The molecule has 0 aliphatic carbocycles. The highest BCUT2D eigenvalue weighted by molar-refractivity contribution is 5.36. The Kier molecular flexibility index (Phi) is 3.26. The minimum Gasteiger partial charge on any atom is -0.355 e. The standard InChI is InChI=1S/C11H20N4/c1-10-8-12-5-3-6-15(9-10)11-4-7-14(2)13-11/h4,7,10,12H,3,5-6,8-9H2,1-2H3. The highest BCUT2D eigenvalue weighted by atomic mass is 15.3. The van der Waals surface area contributed by atoms with Crippen molar-refractivity contribution in [2.45, 2.75) is 13.3 Å². The predicted octanol–water partition coefficient (Wildman–Crippen LogP) is 0.856. The first-order chi connectivity index (χ1) is 7.25. The predicted molar refractivity (Wildman–Crippen MR) is 62.1 cm³/mol. The number of aryl methyl sites for hydroxylation is 1. The highest BCUT2D eigenvalue weighted by Crippen LogP contribution is 2.13. The van der Waals surface area contributed by atoms with Gasteiger partial charge < -0.3 is 10.2 Å². The Morgan fingerprint density at radius 3 is 3.13 bits per heavy atom. The Morgan fingerprint density at radius 2 is 2.40 bits per heavy atom. The maximum Gasteiger partial charge on any atom is 0.150 e. The number of nitrogens with zero attached hydrogens (tertiary/aromatic N) is 3. The number of anilines is 1. The molecule has 1 aromatic heterocycles. The zero-order valence-electron chi connectivity index (χ0n) is 9.61. The fourth-order valence-electron chi connectivity index (χ4n) is 2.05. The van der Waals surface area contributed by atoms with E-state index in [0.29, 0.717) is 5.92 Å². The molecule has 1 atom stereocenters. The van der Waals surface area contributed by atoms with Gasteiger partial charge >= 0.3 is 0 Å². The number of hydrogen-bond donors (Lipinski definition) is 1. The molecule has 4 heteroatoms. The van der Waals surface area contributed by atoms with E-state index >= 15 is 0 Å². The minimum atomic E-state index is 0.687. The van der Waals surface area contributed by atoms with Gasteiger partial charge in [-0.05, 0) is 25.4 Å². The van der Waals surface area contributed by atoms with E-state index < -0.39 is 0 Å². The van der Waals surface area contributed by atoms with Gasteiger partial charge in [0.15, 0.2) is 5.82 Å². The third kappa shape index (κ3) is 2.72. The Balaban J connectivity index is 2.05. The average molecular weight is 208 g/mol. The molecule has 0 saturated carbocycles. The summed E-state index contributed by atoms with van der Waals surface area (Å²) in [6.45, 7) is 6.73. The van der Waals surface area contributed by atoms with Crippen LogP contribution in [0.2, 0.25) is 0 Å². The van der Waals surface area contributed by atoms with Crippen LogP contribution in [0.15, 0.2) is 12.3 Å². The van der Waals surface area contributed by atoms with Gasteiger partial charge in [0.1, 0.15) is 0 Å². The first-order valence-electron chi connectivity index (χ1n) is 5.71. The fraction of sp³-hybridized carbons (Fsp3) is 0.727. The van der Waals surface area contributed by atoms with E-state index in [1.54, 1.807) is 0 Å². The maximum atomic E-state index is 4.46. The lowest BCUT2D eigenvalue weighted by atomic mass is 10.1. The Bertz CT molecular complexity index is 307. The fourth-order valence-corrected chi connectivity index (χ4v) is 2.05. The van der Waals surface area contributed by atoms with Gasteiger partial charge in [0.05, 0.1) is 0 Å². The number of nitrogens with one attached hydrogen (secondary N) is 1. The number of aromatic nitrogens is 2. The van der Waals surface area contributed by atoms with Crippen LogP contribution in [0.5, 0.6) is 0 Å². The lowest BCUT2D eigenvalue weighted by Crippen LogP contribution is -2.39. The molecule has 0 amide bonds. The molecule has 1 aromatic rings. The Hall–Kier alpha value is -1.03. The lowest BCUT2D eigenvalue weighted by Gasteiger charge is -2.28. The van der Waals surface area contributed by atoms with Gasteiger partial charge in [0.25, 0.3) is 0 Å². The van der Waals surface area contributed by atoms with Crippen LogP contribution in [0, 0.1) is 5.92 Å². The second-order valence-corrected chi connectivity index (χ2v) is 4.46. The zero-order chi connectivity index (χ0) is 10.7. The smallest absolute Gasteiger partial charge is 0.150 e. The molecule has 1 aliphatic heterocycles. The van der Waals surface area contributed by atoms with Gasteiger partial charge in [-0.2, -0.15) is 5.10 Å². The molecular weight excluding hydrogens is 188 g/mol. The topological polar surface area (TPSA) is 33.1 Å². The molecular formula is C11H20N4. The molecule has 0 radical (unpaired) electrons. The molecule has 1 aliphatic rings. The Morgan fingerprint density at radius 1 is 1.53 bits per heavy atom. The number of hydrogen-bond acceptors (Lipinski definition) is 3. The molecule has 1 unspecified atom stereocenters. The van der Waals surface area contributed by atoms with E-state index in [2.05, 4.69) is 28.3 Å². The van der Waals surface area contributed by atoms with E-state index in [1.165, 1.54) is 6.42 Å². The molecule has 2 heterocycles. The third-order valence-corrected chi connectivity index (χ3v) is 2.83. The summed E-state index contributed by atoms with van der Waals surface area (Å²) < 4.78 is 1.87. The van der Waals surface area contributed by atoms with Crippen LogP contribution in [0.3, 0.4) is 0 Å². The molecule has 0 aromatic carbocycles. The first kappa shape index (κ1) is 10.5. The van der Waals surface area contributed by atoms with Gasteiger partial charge in [0, 0.05) is 32.4 Å². The average Bonchev–Trinajstić information content (AvgIpc) is 2.58. The molecule has 1 N–H and O–H groups in total. The molecule has 1 fully saturated rings. The molecule has 1 saturated heterocycles. The van der Waals surface area contributed by atoms with Crippen molar-refractivity contribution < 1.29 is 0 Å². The normalized spacial score (nSPS) is 23.6. The first-order valence-corrected chi connectivity index (χ1v) is 5.71. The molecule has 4 nitrogen and oxygen atoms in total. The monoisotopic (exact) mass is 208 g/mol. The summed E-state index contributed by atoms with van der Waals surface area (Å²) in [6, 6.07) is 2.10. The van der Waals surface area contributed by atoms with Gasteiger partial charge in [-0.1, -0.05) is 6.92 Å². The summed E-state index contributed by atoms with van der Waals surface area (Å²) in [5.41, 5.74) is 0. The Labute approximate surface area is 91.3 Å². The van der Waals surface area contributed by atoms with Gasteiger partial charge in [-0.3, -0.25) is 4.68 Å². The summed E-state index contributed by atoms with van der Waals surface area (Å²) >= 11 is 0. The quantitative estimate of drug-likeness (QED) is 0.743. The molecule has 0 spiro atoms. The van der Waals surface area contributed by atoms with Crippen molar-refractivity contribution >= 4 is 5.82 Å². The van der Waals surface area contributed by atoms with Crippen LogP contribution in [0.1, 0.15) is 13.3 Å². The maximum absolute atomic E-state index is 4.46. The van der Waals surface area contributed by atoms with Crippen molar-refractivity contribution in [3.8, 4) is 0 Å². The summed E-state index contributed by atoms with van der Waals surface area (Å²) in [5.74, 6) is 1.80. The second kappa shape index (κ2) is 4.66. The van der Waals surface area contributed by atoms with E-state index in [0.717, 1.165) is 32.0 Å². The summed E-state index contributed by atoms with van der Waals surface area (Å²) in [7, 11) is 1.97. The van der Waals surface area contributed by atoms with E-state index in [-0.39, 0.29) is 0 Å². The van der Waals surface area contributed by atoms with Crippen LogP contribution < -0.4 is 10.2 Å². The van der Waals surface area contributed by atoms with Gasteiger partial charge in [-0.25, -0.2) is 0 Å². The number of rotatable bonds is 1. The van der Waals surface area contributed by atoms with Crippen molar-refractivity contribution in [1.82, 2.24) is 15.1 Å². The molecule has 2 rings (SSSR count). The van der Waals surface area contributed by atoms with Crippen molar-refractivity contribution in [2.75, 3.05) is 31.1 Å².